The number of carbonyl (C=O) groups excluding carboxylic acids is 2. The summed E-state index contributed by atoms with van der Waals surface area (Å²) in [4.78, 5) is 28.0. The van der Waals surface area contributed by atoms with Gasteiger partial charge in [-0.3, -0.25) is 9.59 Å². The van der Waals surface area contributed by atoms with Gasteiger partial charge in [-0.05, 0) is 74.5 Å². The quantitative estimate of drug-likeness (QED) is 0.309. The van der Waals surface area contributed by atoms with E-state index in [4.69, 9.17) is 0 Å². The van der Waals surface area contributed by atoms with Gasteiger partial charge in [0.1, 0.15) is 11.9 Å². The number of benzene rings is 2. The maximum Gasteiger partial charge on any atom is 0.245 e. The predicted molar refractivity (Wildman–Crippen MR) is 159 cm³/mol. The summed E-state index contributed by atoms with van der Waals surface area (Å²) < 4.78 is 65.7. The molecule has 0 saturated carbocycles. The highest BCUT2D eigenvalue weighted by molar-refractivity contribution is 7.89. The fourth-order valence-corrected chi connectivity index (χ4v) is 6.95. The molecular weight excluding hydrogens is 583 g/mol. The molecule has 13 heteroatoms. The standard InChI is InChI=1S/C29H41FN4O6S2/c1-20(31-5)27(35)32-26(29(2,3)4)28(36)34-16-7-8-23(34)19-33(17-15-21-11-13-22(30)14-12-21)42(39,40)25-10-6-9-24(18-25)41(37)38/h6,9-14,18,20,23,26,31,41H,7-8,15-17,19H2,1-5H3,(H,32,35)/t20-,23-,26+/m0/s1. The average Bonchev–Trinajstić information content (AvgIpc) is 3.41. The van der Waals surface area contributed by atoms with Crippen LogP contribution < -0.4 is 10.6 Å². The Morgan fingerprint density at radius 2 is 1.81 bits per heavy atom. The van der Waals surface area contributed by atoms with Gasteiger partial charge >= 0.3 is 0 Å². The van der Waals surface area contributed by atoms with E-state index in [-0.39, 0.29) is 41.1 Å². The highest BCUT2D eigenvalue weighted by Gasteiger charge is 2.41. The van der Waals surface area contributed by atoms with Crippen molar-refractivity contribution in [3.05, 3.63) is 59.9 Å². The van der Waals surface area contributed by atoms with E-state index >= 15 is 0 Å². The molecule has 0 radical (unpaired) electrons. The van der Waals surface area contributed by atoms with Gasteiger partial charge in [-0.2, -0.15) is 4.31 Å². The minimum absolute atomic E-state index is 0.0270. The van der Waals surface area contributed by atoms with Crippen LogP contribution in [0.5, 0.6) is 0 Å². The molecule has 3 atom stereocenters. The maximum absolute atomic E-state index is 13.9. The van der Waals surface area contributed by atoms with Crippen molar-refractivity contribution in [1.82, 2.24) is 19.8 Å². The van der Waals surface area contributed by atoms with Gasteiger partial charge in [-0.25, -0.2) is 21.2 Å². The number of likely N-dealkylation sites (tertiary alicyclic amines) is 1. The Labute approximate surface area is 249 Å². The van der Waals surface area contributed by atoms with E-state index in [1.54, 1.807) is 31.0 Å². The molecule has 1 aliphatic heterocycles. The first kappa shape index (κ1) is 33.6. The van der Waals surface area contributed by atoms with Gasteiger partial charge in [0.2, 0.25) is 21.8 Å². The van der Waals surface area contributed by atoms with Crippen LogP contribution in [0.1, 0.15) is 46.1 Å². The van der Waals surface area contributed by atoms with Crippen LogP contribution in [0.4, 0.5) is 4.39 Å². The maximum atomic E-state index is 13.9. The van der Waals surface area contributed by atoms with E-state index < -0.39 is 50.1 Å². The number of halogens is 1. The van der Waals surface area contributed by atoms with Gasteiger partial charge in [0.15, 0.2) is 10.7 Å². The second kappa shape index (κ2) is 14.1. The molecule has 0 aliphatic carbocycles. The zero-order chi connectivity index (χ0) is 31.2. The van der Waals surface area contributed by atoms with Gasteiger partial charge in [0.05, 0.1) is 15.8 Å². The number of sulfonamides is 1. The highest BCUT2D eigenvalue weighted by Crippen LogP contribution is 2.28. The lowest BCUT2D eigenvalue weighted by atomic mass is 9.85. The van der Waals surface area contributed by atoms with Crippen molar-refractivity contribution < 1.29 is 30.8 Å². The molecule has 2 aromatic rings. The summed E-state index contributed by atoms with van der Waals surface area (Å²) in [5.41, 5.74) is 0.110. The lowest BCUT2D eigenvalue weighted by Gasteiger charge is -2.37. The van der Waals surface area contributed by atoms with Gasteiger partial charge in [0, 0.05) is 25.7 Å². The fourth-order valence-electron chi connectivity index (χ4n) is 4.88. The summed E-state index contributed by atoms with van der Waals surface area (Å²) in [6.07, 6.45) is 1.49. The number of likely N-dealkylation sites (N-methyl/N-ethyl adjacent to an activating group) is 1. The van der Waals surface area contributed by atoms with Gasteiger partial charge in [-0.15, -0.1) is 0 Å². The molecular formula is C29H41FN4O6S2. The molecule has 3 rings (SSSR count). The highest BCUT2D eigenvalue weighted by atomic mass is 32.2. The fraction of sp³-hybridized carbons (Fsp3) is 0.517. The number of amides is 2. The number of hydrogen-bond acceptors (Lipinski definition) is 7. The second-order valence-corrected chi connectivity index (χ2v) is 14.6. The van der Waals surface area contributed by atoms with Crippen molar-refractivity contribution in [2.24, 2.45) is 5.41 Å². The molecule has 2 N–H and O–H groups in total. The SMILES string of the molecule is CN[C@@H](C)C(=O)N[C@H](C(=O)N1CCC[C@H]1CN(CCc1ccc(F)cc1)S(=O)(=O)c1cccc([SH](=O)=O)c1)C(C)(C)C. The molecule has 0 aromatic heterocycles. The zero-order valence-electron chi connectivity index (χ0n) is 24.7. The molecule has 10 nitrogen and oxygen atoms in total. The Kier molecular flexibility index (Phi) is 11.3. The first-order valence-electron chi connectivity index (χ1n) is 13.9. The Balaban J connectivity index is 1.93. The summed E-state index contributed by atoms with van der Waals surface area (Å²) in [6.45, 7) is 7.68. The first-order valence-corrected chi connectivity index (χ1v) is 16.5. The van der Waals surface area contributed by atoms with Crippen LogP contribution in [0.15, 0.2) is 58.3 Å². The summed E-state index contributed by atoms with van der Waals surface area (Å²) in [7, 11) is -5.52. The smallest absolute Gasteiger partial charge is 0.245 e. The van der Waals surface area contributed by atoms with Crippen LogP contribution in [0.2, 0.25) is 0 Å². The lowest BCUT2D eigenvalue weighted by molar-refractivity contribution is -0.140. The molecule has 0 spiro atoms. The van der Waals surface area contributed by atoms with E-state index in [9.17, 15) is 30.8 Å². The van der Waals surface area contributed by atoms with Crippen LogP contribution >= 0.6 is 0 Å². The Morgan fingerprint density at radius 1 is 1.14 bits per heavy atom. The molecule has 2 aromatic carbocycles. The lowest BCUT2D eigenvalue weighted by Crippen LogP contribution is -2.59. The molecule has 1 saturated heterocycles. The van der Waals surface area contributed by atoms with E-state index in [1.165, 1.54) is 34.6 Å². The predicted octanol–water partition coefficient (Wildman–Crippen LogP) is 2.16. The van der Waals surface area contributed by atoms with Crippen LogP contribution in [-0.4, -0.2) is 82.7 Å². The van der Waals surface area contributed by atoms with Crippen molar-refractivity contribution in [2.75, 3.05) is 26.7 Å². The number of thiol groups is 1. The Hall–Kier alpha value is -2.87. The summed E-state index contributed by atoms with van der Waals surface area (Å²) in [6, 6.07) is 9.11. The van der Waals surface area contributed by atoms with Crippen molar-refractivity contribution in [2.45, 2.75) is 74.9 Å². The number of rotatable bonds is 12. The Morgan fingerprint density at radius 3 is 2.40 bits per heavy atom. The molecule has 42 heavy (non-hydrogen) atoms. The van der Waals surface area contributed by atoms with Crippen LogP contribution in [-0.2, 0) is 36.7 Å². The molecule has 1 heterocycles. The monoisotopic (exact) mass is 624 g/mol. The summed E-state index contributed by atoms with van der Waals surface area (Å²) in [5.74, 6) is -1.01. The molecule has 0 bridgehead atoms. The largest absolute Gasteiger partial charge is 0.342 e. The Bertz CT molecular complexity index is 1430. The summed E-state index contributed by atoms with van der Waals surface area (Å²) in [5, 5.41) is 5.74. The molecule has 1 aliphatic rings. The van der Waals surface area contributed by atoms with Crippen LogP contribution in [0.25, 0.3) is 0 Å². The van der Waals surface area contributed by atoms with E-state index in [0.717, 1.165) is 11.6 Å². The molecule has 232 valence electrons. The van der Waals surface area contributed by atoms with Crippen molar-refractivity contribution in [3.8, 4) is 0 Å². The third kappa shape index (κ3) is 8.36. The van der Waals surface area contributed by atoms with E-state index in [0.29, 0.717) is 19.4 Å². The van der Waals surface area contributed by atoms with Gasteiger partial charge in [0.25, 0.3) is 0 Å². The minimum atomic E-state index is -4.18. The molecule has 0 unspecified atom stereocenters. The van der Waals surface area contributed by atoms with Crippen molar-refractivity contribution in [3.63, 3.8) is 0 Å². The van der Waals surface area contributed by atoms with Gasteiger partial charge < -0.3 is 15.5 Å². The summed E-state index contributed by atoms with van der Waals surface area (Å²) >= 11 is 0. The third-order valence-electron chi connectivity index (χ3n) is 7.53. The van der Waals surface area contributed by atoms with E-state index in [2.05, 4.69) is 10.6 Å². The van der Waals surface area contributed by atoms with Crippen molar-refractivity contribution in [1.29, 1.82) is 0 Å². The van der Waals surface area contributed by atoms with Crippen molar-refractivity contribution >= 4 is 32.5 Å². The number of hydrogen-bond donors (Lipinski definition) is 3. The minimum Gasteiger partial charge on any atom is -0.342 e. The number of carbonyl (C=O) groups is 2. The average molecular weight is 625 g/mol. The number of nitrogens with zero attached hydrogens (tertiary/aromatic N) is 2. The molecule has 1 fully saturated rings. The molecule has 2 amide bonds. The van der Waals surface area contributed by atoms with Crippen LogP contribution in [0, 0.1) is 11.2 Å². The topological polar surface area (TPSA) is 133 Å². The van der Waals surface area contributed by atoms with E-state index in [1.807, 2.05) is 20.8 Å². The normalized spacial score (nSPS) is 17.4. The van der Waals surface area contributed by atoms with Gasteiger partial charge in [-0.1, -0.05) is 39.0 Å². The second-order valence-electron chi connectivity index (χ2n) is 11.6. The first-order chi connectivity index (χ1) is 19.6. The van der Waals surface area contributed by atoms with Crippen LogP contribution in [0.3, 0.4) is 0 Å². The number of nitrogens with one attached hydrogen (secondary N) is 2. The zero-order valence-corrected chi connectivity index (χ0v) is 26.4. The third-order valence-corrected chi connectivity index (χ3v) is 10.1.